The van der Waals surface area contributed by atoms with Crippen molar-refractivity contribution < 1.29 is 47.4 Å². The zero-order valence-corrected chi connectivity index (χ0v) is 48.6. The molecule has 4 heterocycles. The van der Waals surface area contributed by atoms with Crippen molar-refractivity contribution >= 4 is 0 Å². The monoisotopic (exact) mass is 1020 g/mol. The molecule has 9 rings (SSSR count). The number of rotatable bonds is 16. The van der Waals surface area contributed by atoms with E-state index in [0.717, 1.165) is 50.3 Å². The van der Waals surface area contributed by atoms with Crippen LogP contribution in [-0.4, -0.2) is 112 Å². The maximum absolute atomic E-state index is 5.40. The molecule has 4 aliphatic rings. The topological polar surface area (TPSA) is 106 Å². The average Bonchev–Trinajstić information content (AvgIpc) is 4.22. The van der Waals surface area contributed by atoms with Crippen molar-refractivity contribution in [2.45, 2.75) is 133 Å². The predicted octanol–water partition coefficient (Wildman–Crippen LogP) is 15.5. The Hall–Kier alpha value is -4.78. The van der Waals surface area contributed by atoms with E-state index in [-0.39, 0.29) is 0 Å². The number of hydrogen-bond donors (Lipinski definition) is 0. The predicted molar refractivity (Wildman–Crippen MR) is 308 cm³/mol. The molecular weight excluding hydrogens is 917 g/mol. The summed E-state index contributed by atoms with van der Waals surface area (Å²) in [7, 11) is 4.99. The summed E-state index contributed by atoms with van der Waals surface area (Å²) in [6.07, 6.45) is 1.45. The Kier molecular flexibility index (Phi) is 54.6. The van der Waals surface area contributed by atoms with E-state index in [4.69, 9.17) is 37.9 Å². The fourth-order valence-electron chi connectivity index (χ4n) is 4.80. The Morgan fingerprint density at radius 3 is 0.685 bits per heavy atom. The molecule has 5 aromatic rings. The second-order valence-corrected chi connectivity index (χ2v) is 15.3. The Morgan fingerprint density at radius 1 is 0.329 bits per heavy atom. The van der Waals surface area contributed by atoms with Crippen molar-refractivity contribution in [1.82, 2.24) is 0 Å². The number of epoxide rings is 4. The van der Waals surface area contributed by atoms with Crippen molar-refractivity contribution in [1.29, 1.82) is 0 Å². The lowest BCUT2D eigenvalue weighted by Crippen LogP contribution is -2.03. The Bertz CT molecular complexity index is 1560. The van der Waals surface area contributed by atoms with Gasteiger partial charge in [0.15, 0.2) is 0 Å². The third kappa shape index (κ3) is 49.2. The van der Waals surface area contributed by atoms with Crippen LogP contribution in [-0.2, 0) is 33.2 Å². The van der Waals surface area contributed by atoms with Crippen LogP contribution in [0.3, 0.4) is 0 Å². The van der Waals surface area contributed by atoms with Gasteiger partial charge < -0.3 is 47.4 Å². The zero-order valence-electron chi connectivity index (χ0n) is 48.6. The molecule has 0 aliphatic carbocycles. The third-order valence-corrected chi connectivity index (χ3v) is 8.92. The van der Waals surface area contributed by atoms with Gasteiger partial charge in [0.2, 0.25) is 0 Å². The van der Waals surface area contributed by atoms with Crippen LogP contribution in [0.4, 0.5) is 0 Å². The number of ether oxygens (including phenoxy) is 10. The minimum atomic E-state index is 0.343. The van der Waals surface area contributed by atoms with E-state index in [1.807, 2.05) is 172 Å². The molecule has 10 heteroatoms. The fraction of sp³-hybridized carbons (Fsp3) is 0.524. The van der Waals surface area contributed by atoms with Gasteiger partial charge in [-0.3, -0.25) is 0 Å². The number of para-hydroxylation sites is 3. The maximum Gasteiger partial charge on any atom is 0.119 e. The fourth-order valence-corrected chi connectivity index (χ4v) is 4.80. The molecule has 4 aliphatic heterocycles. The van der Waals surface area contributed by atoms with Crippen molar-refractivity contribution in [2.75, 3.05) is 87.4 Å². The largest absolute Gasteiger partial charge is 0.491 e. The summed E-state index contributed by atoms with van der Waals surface area (Å²) in [5.41, 5.74) is 2.83. The van der Waals surface area contributed by atoms with E-state index >= 15 is 0 Å². The average molecular weight is 1020 g/mol. The summed E-state index contributed by atoms with van der Waals surface area (Å²) in [5, 5.41) is 0. The van der Waals surface area contributed by atoms with Gasteiger partial charge in [0.25, 0.3) is 0 Å². The van der Waals surface area contributed by atoms with Crippen LogP contribution >= 0.6 is 0 Å². The van der Waals surface area contributed by atoms with Crippen LogP contribution in [0.1, 0.15) is 120 Å². The molecule has 0 N–H and O–H groups in total. The van der Waals surface area contributed by atoms with E-state index < -0.39 is 0 Å². The SMILES string of the molecule is CC.CC.CC.CC.CC.CC(C)c1ccccc1.CC(C)c1ccccc1.COCC1CO1.COCCOC.c1ccc(OCC2CO2)cc1.c1ccc(OCC2CO2)cc1.c1ccc(OCC2CO2)cc1. The van der Waals surface area contributed by atoms with Crippen molar-refractivity contribution in [3.63, 3.8) is 0 Å². The second-order valence-electron chi connectivity index (χ2n) is 15.3. The van der Waals surface area contributed by atoms with Crippen molar-refractivity contribution in [3.8, 4) is 17.2 Å². The quantitative estimate of drug-likeness (QED) is 0.0701. The number of methoxy groups -OCH3 is 3. The van der Waals surface area contributed by atoms with Crippen LogP contribution < -0.4 is 14.2 Å². The van der Waals surface area contributed by atoms with Gasteiger partial charge in [0, 0.05) is 21.3 Å². The molecule has 4 fully saturated rings. The van der Waals surface area contributed by atoms with E-state index in [1.54, 1.807) is 21.3 Å². The molecule has 4 atom stereocenters. The highest BCUT2D eigenvalue weighted by atomic mass is 16.6. The van der Waals surface area contributed by atoms with Gasteiger partial charge in [-0.15, -0.1) is 0 Å². The maximum atomic E-state index is 5.40. The minimum Gasteiger partial charge on any atom is -0.491 e. The summed E-state index contributed by atoms with van der Waals surface area (Å²) in [5.74, 6) is 4.08. The molecule has 4 saturated heterocycles. The zero-order chi connectivity index (χ0) is 55.2. The van der Waals surface area contributed by atoms with Gasteiger partial charge in [0.05, 0.1) is 46.2 Å². The molecular formula is C63H102O10. The summed E-state index contributed by atoms with van der Waals surface area (Å²) >= 11 is 0. The van der Waals surface area contributed by atoms with Gasteiger partial charge in [0.1, 0.15) is 61.5 Å². The lowest BCUT2D eigenvalue weighted by atomic mass is 10.0. The molecule has 4 unspecified atom stereocenters. The Labute approximate surface area is 446 Å². The summed E-state index contributed by atoms with van der Waals surface area (Å²) < 4.78 is 50.1. The highest BCUT2D eigenvalue weighted by Gasteiger charge is 2.24. The molecule has 0 radical (unpaired) electrons. The number of hydrogen-bond acceptors (Lipinski definition) is 10. The molecule has 73 heavy (non-hydrogen) atoms. The first-order valence-corrected chi connectivity index (χ1v) is 26.9. The first kappa shape index (κ1) is 72.5. The number of benzene rings is 5. The minimum absolute atomic E-state index is 0.343. The van der Waals surface area contributed by atoms with Gasteiger partial charge in [-0.2, -0.15) is 0 Å². The lowest BCUT2D eigenvalue weighted by molar-refractivity contribution is 0.103. The Morgan fingerprint density at radius 2 is 0.534 bits per heavy atom. The normalized spacial score (nSPS) is 15.8. The van der Waals surface area contributed by atoms with Crippen molar-refractivity contribution in [2.24, 2.45) is 0 Å². The van der Waals surface area contributed by atoms with Gasteiger partial charge in [-0.1, -0.05) is 212 Å². The third-order valence-electron chi connectivity index (χ3n) is 8.92. The van der Waals surface area contributed by atoms with E-state index in [9.17, 15) is 0 Å². The highest BCUT2D eigenvalue weighted by molar-refractivity contribution is 5.23. The molecule has 10 nitrogen and oxygen atoms in total. The molecule has 0 amide bonds. The molecule has 414 valence electrons. The highest BCUT2D eigenvalue weighted by Crippen LogP contribution is 2.16. The smallest absolute Gasteiger partial charge is 0.119 e. The van der Waals surface area contributed by atoms with Gasteiger partial charge >= 0.3 is 0 Å². The molecule has 0 saturated carbocycles. The molecule has 0 spiro atoms. The van der Waals surface area contributed by atoms with Gasteiger partial charge in [-0.25, -0.2) is 0 Å². The lowest BCUT2D eigenvalue weighted by Gasteiger charge is -2.01. The molecule has 0 aromatic heterocycles. The van der Waals surface area contributed by atoms with Gasteiger partial charge in [-0.05, 0) is 59.4 Å². The second kappa shape index (κ2) is 55.0. The van der Waals surface area contributed by atoms with Crippen LogP contribution in [0.25, 0.3) is 0 Å². The Balaban J connectivity index is -0.000000768. The van der Waals surface area contributed by atoms with Crippen LogP contribution in [0.15, 0.2) is 152 Å². The summed E-state index contributed by atoms with van der Waals surface area (Å²) in [6.45, 7) is 36.5. The van der Waals surface area contributed by atoms with E-state index in [0.29, 0.717) is 69.3 Å². The van der Waals surface area contributed by atoms with Crippen molar-refractivity contribution in [3.05, 3.63) is 163 Å². The van der Waals surface area contributed by atoms with Crippen LogP contribution in [0, 0.1) is 0 Å². The standard InChI is InChI=1S/3C9H10O2.2C9H12.C4H8O2.C4H10O2.5C2H6/c3*1-2-4-8(5-3-1)10-6-9-7-11-9;2*1-8(2)9-6-4-3-5-7-9;1-5-2-4-3-6-4;1-5-3-4-6-2;5*1-2/h3*1-5,9H,6-7H2;2*3-8H,1-2H3;4H,2-3H2,1H3;3-4H2,1-2H3;5*1-2H3. The first-order valence-electron chi connectivity index (χ1n) is 26.9. The van der Waals surface area contributed by atoms with Crippen LogP contribution in [0.2, 0.25) is 0 Å². The first-order chi connectivity index (χ1) is 35.8. The molecule has 5 aromatic carbocycles. The summed E-state index contributed by atoms with van der Waals surface area (Å²) in [6, 6.07) is 50.4. The van der Waals surface area contributed by atoms with E-state index in [1.165, 1.54) is 11.1 Å². The summed E-state index contributed by atoms with van der Waals surface area (Å²) in [4.78, 5) is 0. The van der Waals surface area contributed by atoms with Crippen LogP contribution in [0.5, 0.6) is 17.2 Å². The van der Waals surface area contributed by atoms with E-state index in [2.05, 4.69) is 85.7 Å². The molecule has 0 bridgehead atoms.